The molecule has 0 aliphatic carbocycles. The van der Waals surface area contributed by atoms with E-state index in [9.17, 15) is 9.59 Å². The second kappa shape index (κ2) is 6.40. The highest BCUT2D eigenvalue weighted by Gasteiger charge is 2.15. The number of carboxylic acids is 1. The maximum Gasteiger partial charge on any atom is 0.305 e. The molecule has 2 N–H and O–H groups in total. The second-order valence-electron chi connectivity index (χ2n) is 4.01. The third-order valence-corrected chi connectivity index (χ3v) is 2.37. The van der Waals surface area contributed by atoms with Gasteiger partial charge in [-0.2, -0.15) is 5.26 Å². The van der Waals surface area contributed by atoms with E-state index < -0.39 is 12.0 Å². The maximum atomic E-state index is 11.0. The average Bonchev–Trinajstić information content (AvgIpc) is 2.27. The summed E-state index contributed by atoms with van der Waals surface area (Å²) in [7, 11) is 0. The van der Waals surface area contributed by atoms with Crippen LogP contribution < -0.4 is 5.32 Å². The molecule has 1 atom stereocenters. The van der Waals surface area contributed by atoms with Crippen LogP contribution in [0, 0.1) is 11.3 Å². The molecule has 1 aromatic rings. The summed E-state index contributed by atoms with van der Waals surface area (Å²) in [4.78, 5) is 21.7. The smallest absolute Gasteiger partial charge is 0.305 e. The lowest BCUT2D eigenvalue weighted by Crippen LogP contribution is -2.36. The van der Waals surface area contributed by atoms with Crippen LogP contribution in [0.25, 0.3) is 0 Å². The lowest BCUT2D eigenvalue weighted by molar-refractivity contribution is -0.137. The zero-order valence-corrected chi connectivity index (χ0v) is 10.0. The molecule has 0 aliphatic rings. The standard InChI is InChI=1S/C13H14N2O3/c1-9(16)15-12(7-13(17)18)6-10-3-2-4-11(5-10)8-14/h2-5,12H,6-7H2,1H3,(H,15,16)(H,17,18)/t12-/m0/s1. The predicted octanol–water partition coefficient (Wildman–Crippen LogP) is 1.08. The van der Waals surface area contributed by atoms with E-state index in [0.29, 0.717) is 12.0 Å². The second-order valence-corrected chi connectivity index (χ2v) is 4.01. The number of hydrogen-bond donors (Lipinski definition) is 2. The fourth-order valence-corrected chi connectivity index (χ4v) is 1.72. The SMILES string of the molecule is CC(=O)N[C@H](CC(=O)O)Cc1cccc(C#N)c1. The van der Waals surface area contributed by atoms with Crippen molar-refractivity contribution in [3.63, 3.8) is 0 Å². The molecular formula is C13H14N2O3. The maximum absolute atomic E-state index is 11.0. The van der Waals surface area contributed by atoms with Crippen LogP contribution in [0.1, 0.15) is 24.5 Å². The van der Waals surface area contributed by atoms with E-state index in [0.717, 1.165) is 5.56 Å². The van der Waals surface area contributed by atoms with E-state index in [1.807, 2.05) is 6.07 Å². The number of carbonyl (C=O) groups excluding carboxylic acids is 1. The summed E-state index contributed by atoms with van der Waals surface area (Å²) in [5.74, 6) is -1.23. The summed E-state index contributed by atoms with van der Waals surface area (Å²) in [6.07, 6.45) is 0.248. The summed E-state index contributed by atoms with van der Waals surface area (Å²) in [6.45, 7) is 1.35. The van der Waals surface area contributed by atoms with Crippen molar-refractivity contribution >= 4 is 11.9 Å². The summed E-state index contributed by atoms with van der Waals surface area (Å²) in [5.41, 5.74) is 1.35. The predicted molar refractivity (Wildman–Crippen MR) is 64.7 cm³/mol. The van der Waals surface area contributed by atoms with Gasteiger partial charge in [-0.25, -0.2) is 0 Å². The molecule has 1 aromatic carbocycles. The van der Waals surface area contributed by atoms with Gasteiger partial charge in [0.2, 0.25) is 5.91 Å². The van der Waals surface area contributed by atoms with Crippen molar-refractivity contribution in [2.45, 2.75) is 25.8 Å². The summed E-state index contributed by atoms with van der Waals surface area (Å²) < 4.78 is 0. The van der Waals surface area contributed by atoms with E-state index in [-0.39, 0.29) is 12.3 Å². The van der Waals surface area contributed by atoms with Gasteiger partial charge in [0.25, 0.3) is 0 Å². The third kappa shape index (κ3) is 4.66. The van der Waals surface area contributed by atoms with Gasteiger partial charge >= 0.3 is 5.97 Å². The van der Waals surface area contributed by atoms with Gasteiger partial charge in [-0.1, -0.05) is 12.1 Å². The van der Waals surface area contributed by atoms with Crippen molar-refractivity contribution in [2.24, 2.45) is 0 Å². The molecule has 5 heteroatoms. The normalized spacial score (nSPS) is 11.3. The molecule has 0 heterocycles. The molecule has 5 nitrogen and oxygen atoms in total. The van der Waals surface area contributed by atoms with Gasteiger partial charge in [0, 0.05) is 13.0 Å². The molecule has 94 valence electrons. The molecule has 0 unspecified atom stereocenters. The fourth-order valence-electron chi connectivity index (χ4n) is 1.72. The Hall–Kier alpha value is -2.35. The Morgan fingerprint density at radius 3 is 2.78 bits per heavy atom. The quantitative estimate of drug-likeness (QED) is 0.813. The minimum absolute atomic E-state index is 0.142. The van der Waals surface area contributed by atoms with Crippen LogP contribution >= 0.6 is 0 Å². The lowest BCUT2D eigenvalue weighted by Gasteiger charge is -2.15. The molecule has 0 bridgehead atoms. The average molecular weight is 246 g/mol. The van der Waals surface area contributed by atoms with Crippen molar-refractivity contribution in [1.82, 2.24) is 5.32 Å². The molecule has 0 aromatic heterocycles. The van der Waals surface area contributed by atoms with E-state index in [2.05, 4.69) is 5.32 Å². The first-order chi connectivity index (χ1) is 8.51. The van der Waals surface area contributed by atoms with Gasteiger partial charge in [-0.15, -0.1) is 0 Å². The van der Waals surface area contributed by atoms with Crippen LogP contribution in [0.2, 0.25) is 0 Å². The van der Waals surface area contributed by atoms with E-state index >= 15 is 0 Å². The summed E-state index contributed by atoms with van der Waals surface area (Å²) in [5, 5.41) is 20.1. The Bertz CT molecular complexity index is 475. The number of nitrogens with zero attached hydrogens (tertiary/aromatic N) is 1. The number of carboxylic acid groups (broad SMARTS) is 1. The highest BCUT2D eigenvalue weighted by Crippen LogP contribution is 2.09. The van der Waals surface area contributed by atoms with Gasteiger partial charge in [0.1, 0.15) is 0 Å². The highest BCUT2D eigenvalue weighted by molar-refractivity contribution is 5.75. The van der Waals surface area contributed by atoms with Gasteiger partial charge < -0.3 is 10.4 Å². The van der Waals surface area contributed by atoms with Crippen molar-refractivity contribution in [3.05, 3.63) is 35.4 Å². The Balaban J connectivity index is 2.78. The molecule has 0 fully saturated rings. The third-order valence-electron chi connectivity index (χ3n) is 2.37. The number of amides is 1. The monoisotopic (exact) mass is 246 g/mol. The Morgan fingerprint density at radius 2 is 2.22 bits per heavy atom. The molecule has 1 rings (SSSR count). The highest BCUT2D eigenvalue weighted by atomic mass is 16.4. The number of benzene rings is 1. The van der Waals surface area contributed by atoms with Gasteiger partial charge in [0.05, 0.1) is 18.1 Å². The molecule has 1 amide bonds. The van der Waals surface area contributed by atoms with Crippen LogP contribution in [-0.2, 0) is 16.0 Å². The fraction of sp³-hybridized carbons (Fsp3) is 0.308. The molecule has 0 radical (unpaired) electrons. The Labute approximate surface area is 105 Å². The first-order valence-corrected chi connectivity index (χ1v) is 5.49. The van der Waals surface area contributed by atoms with Crippen molar-refractivity contribution in [3.8, 4) is 6.07 Å². The molecule has 0 aliphatic heterocycles. The molecule has 18 heavy (non-hydrogen) atoms. The lowest BCUT2D eigenvalue weighted by atomic mass is 10.0. The Kier molecular flexibility index (Phi) is 4.88. The topological polar surface area (TPSA) is 90.2 Å². The van der Waals surface area contributed by atoms with Crippen LogP contribution in [-0.4, -0.2) is 23.0 Å². The zero-order valence-electron chi connectivity index (χ0n) is 10.0. The summed E-state index contributed by atoms with van der Waals surface area (Å²) in [6, 6.07) is 8.46. The van der Waals surface area contributed by atoms with Crippen LogP contribution in [0.4, 0.5) is 0 Å². The number of nitrogens with one attached hydrogen (secondary N) is 1. The van der Waals surface area contributed by atoms with Gasteiger partial charge in [-0.3, -0.25) is 9.59 Å². The van der Waals surface area contributed by atoms with Crippen LogP contribution in [0.3, 0.4) is 0 Å². The van der Waals surface area contributed by atoms with E-state index in [1.165, 1.54) is 6.92 Å². The van der Waals surface area contributed by atoms with Crippen LogP contribution in [0.15, 0.2) is 24.3 Å². The number of rotatable bonds is 5. The molecule has 0 spiro atoms. The van der Waals surface area contributed by atoms with Gasteiger partial charge in [-0.05, 0) is 24.1 Å². The minimum atomic E-state index is -0.967. The van der Waals surface area contributed by atoms with Crippen LogP contribution in [0.5, 0.6) is 0 Å². The molecule has 0 saturated heterocycles. The Morgan fingerprint density at radius 1 is 1.50 bits per heavy atom. The van der Waals surface area contributed by atoms with E-state index in [1.54, 1.807) is 24.3 Å². The van der Waals surface area contributed by atoms with Crippen molar-refractivity contribution < 1.29 is 14.7 Å². The summed E-state index contributed by atoms with van der Waals surface area (Å²) >= 11 is 0. The first-order valence-electron chi connectivity index (χ1n) is 5.49. The minimum Gasteiger partial charge on any atom is -0.481 e. The van der Waals surface area contributed by atoms with E-state index in [4.69, 9.17) is 10.4 Å². The largest absolute Gasteiger partial charge is 0.481 e. The number of aliphatic carboxylic acids is 1. The van der Waals surface area contributed by atoms with Crippen molar-refractivity contribution in [2.75, 3.05) is 0 Å². The molecule has 0 saturated carbocycles. The number of hydrogen-bond acceptors (Lipinski definition) is 3. The zero-order chi connectivity index (χ0) is 13.5. The number of carbonyl (C=O) groups is 2. The van der Waals surface area contributed by atoms with Crippen molar-refractivity contribution in [1.29, 1.82) is 5.26 Å². The number of nitriles is 1. The van der Waals surface area contributed by atoms with Gasteiger partial charge in [0.15, 0.2) is 0 Å². The molecular weight excluding hydrogens is 232 g/mol. The first kappa shape index (κ1) is 13.7.